The molecule has 1 aliphatic heterocycles. The molecule has 1 saturated carbocycles. The molecule has 1 saturated heterocycles. The summed E-state index contributed by atoms with van der Waals surface area (Å²) in [5.74, 6) is -4.18. The average Bonchev–Trinajstić information content (AvgIpc) is 3.49. The SMILES string of the molecule is COCO[C@@H]1[C@H]2C=C[C@H]3C(C)=CCC(=O)/C(C)=C/[C@@H]4[C@@H](OCOC)C=C(CO[Si](c5ccccc5)(c5ccccc5)C(C)(C)C)C[C@]45OC(=O)/C(=C(/[O-])[C@@]3(C)[C@@H]2[C@@H](C)C[C@@H]1C)C5=O.[Na+]. The predicted molar refractivity (Wildman–Crippen MR) is 242 cm³/mol. The van der Waals surface area contributed by atoms with Crippen molar-refractivity contribution >= 4 is 36.2 Å². The van der Waals surface area contributed by atoms with Crippen molar-refractivity contribution in [1.29, 1.82) is 0 Å². The third-order valence-corrected chi connectivity index (χ3v) is 19.8. The molecule has 4 aliphatic carbocycles. The van der Waals surface area contributed by atoms with Crippen molar-refractivity contribution in [1.82, 2.24) is 0 Å². The Morgan fingerprint density at radius 3 is 2.06 bits per heavy atom. The number of esters is 1. The fraction of sp³-hybridized carbons (Fsp3) is 0.519. The van der Waals surface area contributed by atoms with E-state index in [1.54, 1.807) is 20.1 Å². The summed E-state index contributed by atoms with van der Waals surface area (Å²) in [6.07, 6.45) is 9.31. The average molecular weight is 901 g/mol. The van der Waals surface area contributed by atoms with Crippen LogP contribution >= 0.6 is 0 Å². The second-order valence-electron chi connectivity index (χ2n) is 19.7. The number of hydrogen-bond donors (Lipinski definition) is 0. The second-order valence-corrected chi connectivity index (χ2v) is 24.0. The van der Waals surface area contributed by atoms with Crippen molar-refractivity contribution in [3.8, 4) is 0 Å². The summed E-state index contributed by atoms with van der Waals surface area (Å²) in [4.78, 5) is 44.5. The van der Waals surface area contributed by atoms with Gasteiger partial charge >= 0.3 is 35.5 Å². The molecule has 2 fully saturated rings. The van der Waals surface area contributed by atoms with E-state index >= 15 is 9.90 Å². The van der Waals surface area contributed by atoms with Crippen molar-refractivity contribution in [3.05, 3.63) is 119 Å². The van der Waals surface area contributed by atoms with E-state index in [1.807, 2.05) is 68.5 Å². The molecule has 64 heavy (non-hydrogen) atoms. The molecule has 2 aromatic rings. The Labute approximate surface area is 402 Å². The monoisotopic (exact) mass is 900 g/mol. The maximum absolute atomic E-state index is 15.8. The molecule has 0 N–H and O–H groups in total. The predicted octanol–water partition coefficient (Wildman–Crippen LogP) is 3.94. The van der Waals surface area contributed by atoms with Crippen LogP contribution in [0.1, 0.15) is 74.7 Å². The number of fused-ring (bicyclic) bond motifs is 4. The zero-order valence-corrected chi connectivity index (χ0v) is 42.6. The van der Waals surface area contributed by atoms with Crippen LogP contribution in [0.25, 0.3) is 0 Å². The minimum absolute atomic E-state index is 0. The number of rotatable bonds is 11. The molecule has 0 unspecified atom stereocenters. The summed E-state index contributed by atoms with van der Waals surface area (Å²) in [6, 6.07) is 20.5. The van der Waals surface area contributed by atoms with Crippen LogP contribution in [0, 0.1) is 40.9 Å². The second kappa shape index (κ2) is 19.9. The van der Waals surface area contributed by atoms with Gasteiger partial charge in [0.25, 0.3) is 8.32 Å². The van der Waals surface area contributed by atoms with E-state index in [0.717, 1.165) is 22.4 Å². The van der Waals surface area contributed by atoms with Gasteiger partial charge in [-0.3, -0.25) is 9.59 Å². The zero-order chi connectivity index (χ0) is 45.5. The van der Waals surface area contributed by atoms with Gasteiger partial charge < -0.3 is 33.2 Å². The van der Waals surface area contributed by atoms with Crippen LogP contribution in [-0.4, -0.2) is 78.1 Å². The fourth-order valence-corrected chi connectivity index (χ4v) is 16.6. The van der Waals surface area contributed by atoms with Crippen molar-refractivity contribution in [2.75, 3.05) is 34.4 Å². The minimum atomic E-state index is -3.08. The molecule has 1 heterocycles. The summed E-state index contributed by atoms with van der Waals surface area (Å²) in [7, 11) is 0.00621. The Hall–Kier alpha value is -3.23. The Morgan fingerprint density at radius 2 is 1.47 bits per heavy atom. The number of methoxy groups -OCH3 is 2. The number of ketones is 2. The number of hydrogen-bond acceptors (Lipinski definition) is 10. The van der Waals surface area contributed by atoms with Crippen LogP contribution in [0.4, 0.5) is 0 Å². The molecule has 2 bridgehead atoms. The number of allylic oxidation sites excluding steroid dienone is 5. The molecule has 12 heteroatoms. The zero-order valence-electron chi connectivity index (χ0n) is 39.6. The number of benzene rings is 2. The van der Waals surface area contributed by atoms with Gasteiger partial charge in [0.2, 0.25) is 5.78 Å². The van der Waals surface area contributed by atoms with Gasteiger partial charge in [0, 0.05) is 38.9 Å². The van der Waals surface area contributed by atoms with Gasteiger partial charge in [-0.2, -0.15) is 0 Å². The van der Waals surface area contributed by atoms with E-state index in [0.29, 0.717) is 11.1 Å². The number of Topliss-reactive ketones (excluding diaryl/α,β-unsaturated/α-hetero) is 2. The number of carbonyl (C=O) groups excluding carboxylic acids is 3. The molecular weight excluding hydrogens is 836 g/mol. The fourth-order valence-electron chi connectivity index (χ4n) is 12.0. The number of carbonyl (C=O) groups is 3. The molecule has 0 radical (unpaired) electrons. The summed E-state index contributed by atoms with van der Waals surface area (Å²) >= 11 is 0. The molecular formula is C52H65NaO10Si. The molecule has 7 rings (SSSR count). The first-order chi connectivity index (χ1) is 30.0. The number of ether oxygens (including phenoxy) is 5. The van der Waals surface area contributed by atoms with Crippen molar-refractivity contribution < 1.29 is 77.2 Å². The normalized spacial score (nSPS) is 34.0. The van der Waals surface area contributed by atoms with Crippen LogP contribution < -0.4 is 45.0 Å². The van der Waals surface area contributed by atoms with E-state index in [1.165, 1.54) is 7.11 Å². The van der Waals surface area contributed by atoms with Crippen molar-refractivity contribution in [2.24, 2.45) is 40.9 Å². The molecule has 0 aromatic heterocycles. The van der Waals surface area contributed by atoms with Gasteiger partial charge in [0.1, 0.15) is 13.6 Å². The first kappa shape index (κ1) is 50.2. The summed E-state index contributed by atoms with van der Waals surface area (Å²) in [5.41, 5.74) is -1.77. The topological polar surface area (TPSA) is 130 Å². The first-order valence-electron chi connectivity index (χ1n) is 22.4. The van der Waals surface area contributed by atoms with Crippen LogP contribution in [-0.2, 0) is 42.5 Å². The van der Waals surface area contributed by atoms with E-state index in [-0.39, 0.29) is 103 Å². The van der Waals surface area contributed by atoms with Gasteiger partial charge in [-0.05, 0) is 70.0 Å². The Morgan fingerprint density at radius 1 is 0.859 bits per heavy atom. The molecule has 10 nitrogen and oxygen atoms in total. The van der Waals surface area contributed by atoms with Crippen molar-refractivity contribution in [3.63, 3.8) is 0 Å². The molecule has 0 amide bonds. The molecule has 1 spiro atoms. The molecule has 5 aliphatic rings. The Balaban J connectivity index is 0.00000680. The quantitative estimate of drug-likeness (QED) is 0.108. The van der Waals surface area contributed by atoms with Crippen LogP contribution in [0.2, 0.25) is 5.04 Å². The summed E-state index contributed by atoms with van der Waals surface area (Å²) < 4.78 is 37.3. The van der Waals surface area contributed by atoms with E-state index in [2.05, 4.69) is 65.0 Å². The first-order valence-corrected chi connectivity index (χ1v) is 24.3. The van der Waals surface area contributed by atoms with Gasteiger partial charge in [0.15, 0.2) is 11.4 Å². The maximum Gasteiger partial charge on any atom is 1.00 e. The van der Waals surface area contributed by atoms with Crippen LogP contribution in [0.5, 0.6) is 0 Å². The smallest absolute Gasteiger partial charge is 0.874 e. The standard InChI is InChI=1S/C52H66O10Si.Na/c1-32-21-24-42(53)33(2)26-41-43(59-30-57-9)27-36(29-61-63(50(5,6)7,37-17-13-11-14-18-37)38-19-15-12-16-20-38)28-52(41)48(55)44(49(56)62-52)47(54)51(8)40(32)23-22-39-45(51)34(3)25-35(4)46(39)60-31-58-10;/h11-23,26-27,34-35,39-41,43,45-46,54H,24-25,28-31H2,1-10H3;/q;+1/p-1/b32-21?,33-26+,47-44+;/t34-,35-,39-,40-,41+,43-,45+,46-,51+,52-;/m0./s1. The maximum atomic E-state index is 15.8. The molecule has 10 atom stereocenters. The van der Waals surface area contributed by atoms with E-state index < -0.39 is 60.4 Å². The van der Waals surface area contributed by atoms with Gasteiger partial charge in [-0.25, -0.2) is 4.79 Å². The minimum Gasteiger partial charge on any atom is -0.874 e. The van der Waals surface area contributed by atoms with Crippen molar-refractivity contribution in [2.45, 2.75) is 97.5 Å². The van der Waals surface area contributed by atoms with Gasteiger partial charge in [-0.1, -0.05) is 138 Å². The summed E-state index contributed by atoms with van der Waals surface area (Å²) in [5, 5.41) is 17.6. The van der Waals surface area contributed by atoms with Crippen LogP contribution in [0.3, 0.4) is 0 Å². The van der Waals surface area contributed by atoms with Crippen LogP contribution in [0.15, 0.2) is 119 Å². The van der Waals surface area contributed by atoms with E-state index in [9.17, 15) is 9.59 Å². The summed E-state index contributed by atoms with van der Waals surface area (Å²) in [6.45, 7) is 16.4. The third-order valence-electron chi connectivity index (χ3n) is 14.8. The Kier molecular flexibility index (Phi) is 15.6. The third kappa shape index (κ3) is 8.74. The van der Waals surface area contributed by atoms with E-state index in [4.69, 9.17) is 28.1 Å². The molecule has 338 valence electrons. The van der Waals surface area contributed by atoms with Gasteiger partial charge in [0.05, 0.1) is 30.3 Å². The molecule has 2 aromatic carbocycles. The van der Waals surface area contributed by atoms with Gasteiger partial charge in [-0.15, -0.1) is 5.76 Å². The Bertz CT molecular complexity index is 2170. The largest absolute Gasteiger partial charge is 1.00 e.